The average Bonchev–Trinajstić information content (AvgIpc) is 2.99. The van der Waals surface area contributed by atoms with E-state index in [1.807, 2.05) is 0 Å². The quantitative estimate of drug-likeness (QED) is 0.651. The number of rotatable bonds is 3. The van der Waals surface area contributed by atoms with Gasteiger partial charge >= 0.3 is 0 Å². The number of carbonyl (C=O) groups is 1. The Kier molecular flexibility index (Phi) is 3.93. The fraction of sp³-hybridized carbons (Fsp3) is 0.353. The molecular formula is C17H18N4O3S. The van der Waals surface area contributed by atoms with Crippen molar-refractivity contribution < 1.29 is 9.72 Å². The van der Waals surface area contributed by atoms with E-state index in [9.17, 15) is 14.9 Å². The Hall–Kier alpha value is -2.45. The minimum absolute atomic E-state index is 0.00206. The van der Waals surface area contributed by atoms with Crippen molar-refractivity contribution in [2.75, 3.05) is 18.4 Å². The van der Waals surface area contributed by atoms with Crippen LogP contribution in [0.3, 0.4) is 0 Å². The molecule has 1 atom stereocenters. The maximum Gasteiger partial charge on any atom is 0.276 e. The Morgan fingerprint density at radius 2 is 2.16 bits per heavy atom. The fourth-order valence-electron chi connectivity index (χ4n) is 3.49. The lowest BCUT2D eigenvalue weighted by Gasteiger charge is -2.27. The second-order valence-corrected chi connectivity index (χ2v) is 7.30. The highest BCUT2D eigenvalue weighted by Gasteiger charge is 2.34. The number of benzene rings is 1. The second-order valence-electron chi connectivity index (χ2n) is 6.19. The summed E-state index contributed by atoms with van der Waals surface area (Å²) in [4.78, 5) is 27.1. The van der Waals surface area contributed by atoms with Crippen LogP contribution < -0.4 is 10.6 Å². The van der Waals surface area contributed by atoms with Gasteiger partial charge in [-0.3, -0.25) is 19.8 Å². The lowest BCUT2D eigenvalue weighted by Crippen LogP contribution is -2.39. The third-order valence-electron chi connectivity index (χ3n) is 4.81. The van der Waals surface area contributed by atoms with Crippen molar-refractivity contribution in [3.63, 3.8) is 0 Å². The Labute approximate surface area is 148 Å². The van der Waals surface area contributed by atoms with E-state index in [0.717, 1.165) is 36.6 Å². The number of nitrogens with one attached hydrogen (secondary N) is 2. The summed E-state index contributed by atoms with van der Waals surface area (Å²) < 4.78 is 0. The first kappa shape index (κ1) is 16.0. The average molecular weight is 358 g/mol. The van der Waals surface area contributed by atoms with E-state index in [4.69, 9.17) is 0 Å². The molecule has 7 nitrogen and oxygen atoms in total. The molecule has 0 aliphatic carbocycles. The Bertz CT molecular complexity index is 864. The van der Waals surface area contributed by atoms with Gasteiger partial charge in [-0.15, -0.1) is 11.3 Å². The van der Waals surface area contributed by atoms with E-state index >= 15 is 0 Å². The molecule has 0 spiro atoms. The van der Waals surface area contributed by atoms with E-state index < -0.39 is 11.1 Å². The van der Waals surface area contributed by atoms with Crippen molar-refractivity contribution >= 4 is 27.9 Å². The normalized spacial score (nSPS) is 19.6. The SMILES string of the molecule is CCN1CCc2c(sc3c2C(=O)NC(c2ccccc2[N+](=O)[O-])N3)C1. The molecule has 0 saturated carbocycles. The Morgan fingerprint density at radius 1 is 1.36 bits per heavy atom. The molecule has 0 radical (unpaired) electrons. The summed E-state index contributed by atoms with van der Waals surface area (Å²) in [6.07, 6.45) is 0.268. The van der Waals surface area contributed by atoms with Crippen molar-refractivity contribution in [3.8, 4) is 0 Å². The number of nitro groups is 1. The first-order valence-corrected chi connectivity index (χ1v) is 9.07. The molecule has 0 bridgehead atoms. The molecule has 0 saturated heterocycles. The summed E-state index contributed by atoms with van der Waals surface area (Å²) in [5.74, 6) is -0.153. The van der Waals surface area contributed by atoms with Gasteiger partial charge in [0, 0.05) is 24.0 Å². The summed E-state index contributed by atoms with van der Waals surface area (Å²) in [6, 6.07) is 6.50. The predicted molar refractivity (Wildman–Crippen MR) is 95.9 cm³/mol. The molecule has 25 heavy (non-hydrogen) atoms. The number of amides is 1. The number of hydrogen-bond acceptors (Lipinski definition) is 6. The Balaban J connectivity index is 1.70. The molecular weight excluding hydrogens is 340 g/mol. The number of thiophene rings is 1. The van der Waals surface area contributed by atoms with Crippen molar-refractivity contribution in [1.29, 1.82) is 0 Å². The van der Waals surface area contributed by atoms with Crippen LogP contribution in [-0.4, -0.2) is 28.8 Å². The van der Waals surface area contributed by atoms with Gasteiger partial charge < -0.3 is 10.6 Å². The zero-order chi connectivity index (χ0) is 17.6. The first-order chi connectivity index (χ1) is 12.1. The zero-order valence-electron chi connectivity index (χ0n) is 13.7. The second kappa shape index (κ2) is 6.12. The molecule has 1 unspecified atom stereocenters. The van der Waals surface area contributed by atoms with Gasteiger partial charge in [-0.25, -0.2) is 0 Å². The monoisotopic (exact) mass is 358 g/mol. The minimum Gasteiger partial charge on any atom is -0.352 e. The van der Waals surface area contributed by atoms with Crippen molar-refractivity contribution in [1.82, 2.24) is 10.2 Å². The van der Waals surface area contributed by atoms with E-state index in [-0.39, 0.29) is 11.6 Å². The number of nitro benzene ring substituents is 1. The van der Waals surface area contributed by atoms with Gasteiger partial charge in [-0.2, -0.15) is 0 Å². The van der Waals surface area contributed by atoms with Crippen molar-refractivity contribution in [2.24, 2.45) is 0 Å². The zero-order valence-corrected chi connectivity index (χ0v) is 14.6. The summed E-state index contributed by atoms with van der Waals surface area (Å²) in [7, 11) is 0. The highest BCUT2D eigenvalue weighted by molar-refractivity contribution is 7.16. The Morgan fingerprint density at radius 3 is 2.92 bits per heavy atom. The van der Waals surface area contributed by atoms with Gasteiger partial charge in [0.25, 0.3) is 11.6 Å². The molecule has 1 aromatic carbocycles. The highest BCUT2D eigenvalue weighted by atomic mass is 32.1. The number of fused-ring (bicyclic) bond motifs is 3. The molecule has 3 heterocycles. The molecule has 2 aliphatic rings. The fourth-order valence-corrected chi connectivity index (χ4v) is 4.81. The van der Waals surface area contributed by atoms with Gasteiger partial charge in [0.05, 0.1) is 16.1 Å². The number of anilines is 1. The molecule has 130 valence electrons. The lowest BCUT2D eigenvalue weighted by atomic mass is 10.00. The van der Waals surface area contributed by atoms with Gasteiger partial charge in [0.1, 0.15) is 11.2 Å². The molecule has 8 heteroatoms. The highest BCUT2D eigenvalue weighted by Crippen LogP contribution is 2.41. The molecule has 4 rings (SSSR count). The first-order valence-electron chi connectivity index (χ1n) is 8.26. The third-order valence-corrected chi connectivity index (χ3v) is 5.95. The van der Waals surface area contributed by atoms with E-state index in [2.05, 4.69) is 22.5 Å². The van der Waals surface area contributed by atoms with Gasteiger partial charge in [-0.05, 0) is 24.6 Å². The molecule has 2 aliphatic heterocycles. The maximum absolute atomic E-state index is 12.7. The van der Waals surface area contributed by atoms with Crippen molar-refractivity contribution in [2.45, 2.75) is 26.1 Å². The molecule has 2 aromatic rings. The van der Waals surface area contributed by atoms with Crippen LogP contribution in [0.15, 0.2) is 24.3 Å². The number of carbonyl (C=O) groups excluding carboxylic acids is 1. The number of hydrogen-bond donors (Lipinski definition) is 2. The van der Waals surface area contributed by atoms with Crippen LogP contribution in [0.2, 0.25) is 0 Å². The number of para-hydroxylation sites is 1. The van der Waals surface area contributed by atoms with Gasteiger partial charge in [-0.1, -0.05) is 19.1 Å². The lowest BCUT2D eigenvalue weighted by molar-refractivity contribution is -0.385. The molecule has 1 aromatic heterocycles. The van der Waals surface area contributed by atoms with Gasteiger partial charge in [0.2, 0.25) is 0 Å². The number of nitrogens with zero attached hydrogens (tertiary/aromatic N) is 2. The largest absolute Gasteiger partial charge is 0.352 e. The van der Waals surface area contributed by atoms with E-state index in [1.54, 1.807) is 29.5 Å². The third kappa shape index (κ3) is 2.67. The van der Waals surface area contributed by atoms with Crippen LogP contribution >= 0.6 is 11.3 Å². The number of likely N-dealkylation sites (N-methyl/N-ethyl adjacent to an activating group) is 1. The van der Waals surface area contributed by atoms with Crippen LogP contribution in [0.1, 0.15) is 39.5 Å². The summed E-state index contributed by atoms with van der Waals surface area (Å²) in [6.45, 7) is 4.93. The van der Waals surface area contributed by atoms with Crippen LogP contribution in [0.5, 0.6) is 0 Å². The predicted octanol–water partition coefficient (Wildman–Crippen LogP) is 2.89. The summed E-state index contributed by atoms with van der Waals surface area (Å²) in [5, 5.41) is 18.3. The molecule has 0 fully saturated rings. The van der Waals surface area contributed by atoms with Crippen LogP contribution in [0.4, 0.5) is 10.7 Å². The standard InChI is InChI=1S/C17H18N4O3S/c1-2-20-8-7-11-13(9-20)25-17-14(11)16(22)18-15(19-17)10-5-3-4-6-12(10)21(23)24/h3-6,15,19H,2,7-9H2,1H3,(H,18,22). The maximum atomic E-state index is 12.7. The van der Waals surface area contributed by atoms with Crippen LogP contribution in [-0.2, 0) is 13.0 Å². The summed E-state index contributed by atoms with van der Waals surface area (Å²) in [5.41, 5.74) is 2.30. The van der Waals surface area contributed by atoms with Crippen molar-refractivity contribution in [3.05, 3.63) is 55.9 Å². The molecule has 1 amide bonds. The summed E-state index contributed by atoms with van der Waals surface area (Å²) >= 11 is 1.59. The van der Waals surface area contributed by atoms with E-state index in [1.165, 1.54) is 10.9 Å². The topological polar surface area (TPSA) is 87.5 Å². The van der Waals surface area contributed by atoms with Crippen LogP contribution in [0, 0.1) is 10.1 Å². The van der Waals surface area contributed by atoms with Gasteiger partial charge in [0.15, 0.2) is 0 Å². The van der Waals surface area contributed by atoms with Crippen LogP contribution in [0.25, 0.3) is 0 Å². The van der Waals surface area contributed by atoms with E-state index in [0.29, 0.717) is 11.1 Å². The molecule has 2 N–H and O–H groups in total. The smallest absolute Gasteiger partial charge is 0.276 e. The minimum atomic E-state index is -0.594.